The summed E-state index contributed by atoms with van der Waals surface area (Å²) in [5.74, 6) is -1.90. The molecular weight excluding hydrogens is 165 g/mol. The highest BCUT2D eigenvalue weighted by Gasteiger charge is 2.21. The highest BCUT2D eigenvalue weighted by Crippen LogP contribution is 2.18. The van der Waals surface area contributed by atoms with E-state index in [1.54, 1.807) is 0 Å². The van der Waals surface area contributed by atoms with Crippen LogP contribution >= 0.6 is 0 Å². The number of benzene rings is 1. The van der Waals surface area contributed by atoms with Gasteiger partial charge >= 0.3 is 0 Å². The van der Waals surface area contributed by atoms with E-state index in [2.05, 4.69) is 0 Å². The summed E-state index contributed by atoms with van der Waals surface area (Å²) in [5.41, 5.74) is -3.33. The molecule has 0 spiro atoms. The van der Waals surface area contributed by atoms with E-state index in [1.807, 2.05) is 0 Å². The quantitative estimate of drug-likeness (QED) is 0.467. The number of rotatable bonds is 1. The van der Waals surface area contributed by atoms with E-state index in [1.165, 1.54) is 0 Å². The van der Waals surface area contributed by atoms with Crippen molar-refractivity contribution in [3.63, 3.8) is 0 Å². The minimum atomic E-state index is -2.77. The zero-order valence-electron chi connectivity index (χ0n) is 5.96. The fourth-order valence-electron chi connectivity index (χ4n) is 0.788. The first-order valence-electron chi connectivity index (χ1n) is 3.10. The molecule has 0 fully saturated rings. The fraction of sp³-hybridized carbons (Fsp3) is 0.143. The Kier molecular flexibility index (Phi) is 2.17. The summed E-state index contributed by atoms with van der Waals surface area (Å²) in [6.07, 6.45) is 0. The Hall–Kier alpha value is -0.935. The first-order chi connectivity index (χ1) is 5.41. The molecule has 62 valence electrons. The van der Waals surface area contributed by atoms with Crippen LogP contribution in [0.25, 0.3) is 0 Å². The molecule has 2 N–H and O–H groups in total. The van der Waals surface area contributed by atoms with Gasteiger partial charge in [-0.15, -0.1) is 0 Å². The van der Waals surface area contributed by atoms with Crippen LogP contribution in [0.1, 0.15) is 5.56 Å². The predicted molar refractivity (Wildman–Crippen MR) is 38.2 cm³/mol. The van der Waals surface area contributed by atoms with Gasteiger partial charge in [0.15, 0.2) is 7.85 Å². The molecule has 1 rings (SSSR count). The fourth-order valence-corrected chi connectivity index (χ4v) is 0.788. The van der Waals surface area contributed by atoms with Crippen molar-refractivity contribution in [2.45, 2.75) is 5.69 Å². The minimum Gasteiger partial charge on any atom is -0.371 e. The second-order valence-corrected chi connectivity index (χ2v) is 2.35. The Morgan fingerprint density at radius 3 is 2.25 bits per heavy atom. The van der Waals surface area contributed by atoms with E-state index >= 15 is 0 Å². The zero-order valence-corrected chi connectivity index (χ0v) is 5.96. The minimum absolute atomic E-state index is 0.517. The van der Waals surface area contributed by atoms with Gasteiger partial charge in [-0.05, 0) is 12.1 Å². The van der Waals surface area contributed by atoms with Crippen molar-refractivity contribution >= 4 is 7.85 Å². The predicted octanol–water partition coefficient (Wildman–Crippen LogP) is 0.228. The monoisotopic (exact) mass is 170 g/mol. The first-order valence-corrected chi connectivity index (χ1v) is 3.10. The molecule has 0 aliphatic carbocycles. The first kappa shape index (κ1) is 9.16. The van der Waals surface area contributed by atoms with Crippen LogP contribution in [0.3, 0.4) is 0 Å². The SMILES string of the molecule is [B]C(O)(O)c1ccc(F)cc1F. The van der Waals surface area contributed by atoms with Gasteiger partial charge in [0.1, 0.15) is 17.3 Å². The van der Waals surface area contributed by atoms with E-state index in [4.69, 9.17) is 18.1 Å². The average Bonchev–Trinajstić information content (AvgIpc) is 1.83. The van der Waals surface area contributed by atoms with E-state index in [0.717, 1.165) is 12.1 Å². The molecule has 0 saturated heterocycles. The van der Waals surface area contributed by atoms with Crippen LogP contribution in [0.4, 0.5) is 8.78 Å². The van der Waals surface area contributed by atoms with Crippen molar-refractivity contribution in [3.8, 4) is 0 Å². The smallest absolute Gasteiger partial charge is 0.161 e. The van der Waals surface area contributed by atoms with Crippen LogP contribution in [0, 0.1) is 11.6 Å². The number of hydrogen-bond acceptors (Lipinski definition) is 2. The van der Waals surface area contributed by atoms with Gasteiger partial charge in [-0.3, -0.25) is 0 Å². The summed E-state index contributed by atoms with van der Waals surface area (Å²) < 4.78 is 25.0. The Bertz CT molecular complexity index is 296. The van der Waals surface area contributed by atoms with Gasteiger partial charge < -0.3 is 10.2 Å². The molecule has 12 heavy (non-hydrogen) atoms. The maximum atomic E-state index is 12.7. The molecule has 0 unspecified atom stereocenters. The lowest BCUT2D eigenvalue weighted by Crippen LogP contribution is -2.26. The van der Waals surface area contributed by atoms with Gasteiger partial charge in [0.25, 0.3) is 0 Å². The highest BCUT2D eigenvalue weighted by atomic mass is 19.1. The van der Waals surface area contributed by atoms with Gasteiger partial charge in [-0.2, -0.15) is 0 Å². The third-order valence-corrected chi connectivity index (χ3v) is 1.33. The second kappa shape index (κ2) is 2.84. The van der Waals surface area contributed by atoms with Gasteiger partial charge in [0.2, 0.25) is 0 Å². The number of halogens is 2. The van der Waals surface area contributed by atoms with E-state index in [9.17, 15) is 8.78 Å². The topological polar surface area (TPSA) is 40.5 Å². The molecule has 0 bridgehead atoms. The number of aliphatic hydroxyl groups is 2. The molecule has 0 atom stereocenters. The van der Waals surface area contributed by atoms with Crippen molar-refractivity contribution in [1.29, 1.82) is 0 Å². The van der Waals surface area contributed by atoms with Crippen LogP contribution < -0.4 is 0 Å². The molecule has 0 saturated carbocycles. The lowest BCUT2D eigenvalue weighted by Gasteiger charge is -2.17. The molecule has 0 aliphatic heterocycles. The molecule has 1 aromatic rings. The van der Waals surface area contributed by atoms with Crippen molar-refractivity contribution in [2.24, 2.45) is 0 Å². The van der Waals surface area contributed by atoms with E-state index < -0.39 is 22.9 Å². The Labute approximate surface area is 68.9 Å². The molecule has 0 aromatic heterocycles. The summed E-state index contributed by atoms with van der Waals surface area (Å²) in [5, 5.41) is 17.5. The summed E-state index contributed by atoms with van der Waals surface area (Å²) in [7, 11) is 4.76. The van der Waals surface area contributed by atoms with Crippen LogP contribution in [0.5, 0.6) is 0 Å². The summed E-state index contributed by atoms with van der Waals surface area (Å²) in [6, 6.07) is 2.26. The van der Waals surface area contributed by atoms with Crippen LogP contribution in [0.15, 0.2) is 18.2 Å². The standard InChI is InChI=1S/C7H5BF2O2/c8-7(11,12)5-2-1-4(9)3-6(5)10/h1-3,11-12H. The third kappa shape index (κ3) is 1.81. The zero-order chi connectivity index (χ0) is 9.35. The van der Waals surface area contributed by atoms with Gasteiger partial charge in [0.05, 0.1) is 0 Å². The molecule has 0 heterocycles. The molecule has 5 heteroatoms. The highest BCUT2D eigenvalue weighted by molar-refractivity contribution is 6.13. The summed E-state index contributed by atoms with van der Waals surface area (Å²) in [4.78, 5) is 0. The Morgan fingerprint density at radius 1 is 1.25 bits per heavy atom. The largest absolute Gasteiger partial charge is 0.371 e. The van der Waals surface area contributed by atoms with Gasteiger partial charge in [-0.25, -0.2) is 8.78 Å². The van der Waals surface area contributed by atoms with Crippen molar-refractivity contribution in [2.75, 3.05) is 0 Å². The normalized spacial score (nSPS) is 11.7. The van der Waals surface area contributed by atoms with E-state index in [0.29, 0.717) is 6.07 Å². The molecule has 2 radical (unpaired) electrons. The molecule has 2 nitrogen and oxygen atoms in total. The molecule has 0 amide bonds. The Morgan fingerprint density at radius 2 is 1.83 bits per heavy atom. The lowest BCUT2D eigenvalue weighted by molar-refractivity contribution is -0.0933. The Balaban J connectivity index is 3.19. The third-order valence-electron chi connectivity index (χ3n) is 1.33. The van der Waals surface area contributed by atoms with E-state index in [-0.39, 0.29) is 0 Å². The van der Waals surface area contributed by atoms with Crippen molar-refractivity contribution < 1.29 is 19.0 Å². The van der Waals surface area contributed by atoms with Crippen molar-refractivity contribution in [3.05, 3.63) is 35.4 Å². The van der Waals surface area contributed by atoms with Gasteiger partial charge in [-0.1, -0.05) is 0 Å². The maximum absolute atomic E-state index is 12.7. The lowest BCUT2D eigenvalue weighted by atomic mass is 9.87. The van der Waals surface area contributed by atoms with Crippen LogP contribution in [-0.4, -0.2) is 18.1 Å². The second-order valence-electron chi connectivity index (χ2n) is 2.35. The van der Waals surface area contributed by atoms with Crippen LogP contribution in [0.2, 0.25) is 0 Å². The summed E-state index contributed by atoms with van der Waals surface area (Å²) >= 11 is 0. The van der Waals surface area contributed by atoms with Crippen LogP contribution in [-0.2, 0) is 5.69 Å². The molecule has 1 aromatic carbocycles. The average molecular weight is 170 g/mol. The number of hydrogen-bond donors (Lipinski definition) is 2. The molecule has 0 aliphatic rings. The van der Waals surface area contributed by atoms with Gasteiger partial charge in [0, 0.05) is 11.6 Å². The summed E-state index contributed by atoms with van der Waals surface area (Å²) in [6.45, 7) is 0. The van der Waals surface area contributed by atoms with Crippen molar-refractivity contribution in [1.82, 2.24) is 0 Å². The maximum Gasteiger partial charge on any atom is 0.161 e. The molecular formula is C7H5BF2O2.